The van der Waals surface area contributed by atoms with Crippen molar-refractivity contribution in [3.63, 3.8) is 0 Å². The molecule has 0 bridgehead atoms. The number of nitrogens with one attached hydrogen (secondary N) is 1. The Morgan fingerprint density at radius 1 is 1.14 bits per heavy atom. The summed E-state index contributed by atoms with van der Waals surface area (Å²) in [5.74, 6) is 0.349. The van der Waals surface area contributed by atoms with E-state index in [9.17, 15) is 9.59 Å². The molecule has 1 atom stereocenters. The van der Waals surface area contributed by atoms with E-state index in [2.05, 4.69) is 5.32 Å². The Bertz CT molecular complexity index is 710. The number of rotatable bonds is 4. The molecule has 2 aromatic rings. The van der Waals surface area contributed by atoms with Crippen LogP contribution in [0, 0.1) is 0 Å². The molecule has 0 aliphatic carbocycles. The van der Waals surface area contributed by atoms with Gasteiger partial charge in [-0.2, -0.15) is 0 Å². The van der Waals surface area contributed by atoms with Crippen LogP contribution in [0.15, 0.2) is 48.5 Å². The van der Waals surface area contributed by atoms with Crippen molar-refractivity contribution in [2.75, 3.05) is 11.9 Å². The number of amides is 2. The van der Waals surface area contributed by atoms with Gasteiger partial charge < -0.3 is 15.8 Å². The monoisotopic (exact) mass is 296 g/mol. The minimum absolute atomic E-state index is 0.0705. The van der Waals surface area contributed by atoms with E-state index in [0.717, 1.165) is 11.3 Å². The maximum Gasteiger partial charge on any atom is 0.248 e. The molecule has 2 amide bonds. The van der Waals surface area contributed by atoms with E-state index in [1.807, 2.05) is 24.3 Å². The number of anilines is 1. The molecule has 0 radical (unpaired) electrons. The van der Waals surface area contributed by atoms with Crippen LogP contribution in [0.1, 0.15) is 28.3 Å². The van der Waals surface area contributed by atoms with Gasteiger partial charge in [0, 0.05) is 29.2 Å². The number of ether oxygens (including phenoxy) is 1. The van der Waals surface area contributed by atoms with Crippen molar-refractivity contribution in [3.05, 3.63) is 59.7 Å². The van der Waals surface area contributed by atoms with Crippen molar-refractivity contribution in [1.82, 2.24) is 0 Å². The second-order valence-electron chi connectivity index (χ2n) is 5.24. The fraction of sp³-hybridized carbons (Fsp3) is 0.176. The Morgan fingerprint density at radius 2 is 1.86 bits per heavy atom. The van der Waals surface area contributed by atoms with Gasteiger partial charge in [-0.3, -0.25) is 9.59 Å². The predicted molar refractivity (Wildman–Crippen MR) is 82.9 cm³/mol. The van der Waals surface area contributed by atoms with Crippen LogP contribution in [0.5, 0.6) is 5.75 Å². The number of hydrogen-bond donors (Lipinski definition) is 2. The number of fused-ring (bicyclic) bond motifs is 1. The van der Waals surface area contributed by atoms with Gasteiger partial charge >= 0.3 is 0 Å². The van der Waals surface area contributed by atoms with Crippen molar-refractivity contribution < 1.29 is 14.3 Å². The van der Waals surface area contributed by atoms with Crippen molar-refractivity contribution in [2.24, 2.45) is 5.73 Å². The van der Waals surface area contributed by atoms with Crippen LogP contribution in [0.3, 0.4) is 0 Å². The van der Waals surface area contributed by atoms with Gasteiger partial charge in [-0.25, -0.2) is 0 Å². The van der Waals surface area contributed by atoms with Gasteiger partial charge in [0.2, 0.25) is 11.8 Å². The summed E-state index contributed by atoms with van der Waals surface area (Å²) >= 11 is 0. The summed E-state index contributed by atoms with van der Waals surface area (Å²) in [6, 6.07) is 14.3. The number of carbonyl (C=O) groups excluding carboxylic acids is 2. The molecule has 0 fully saturated rings. The molecule has 0 saturated heterocycles. The van der Waals surface area contributed by atoms with Crippen molar-refractivity contribution >= 4 is 17.5 Å². The number of benzene rings is 2. The highest BCUT2D eigenvalue weighted by Crippen LogP contribution is 2.35. The summed E-state index contributed by atoms with van der Waals surface area (Å²) in [5, 5.41) is 2.82. The van der Waals surface area contributed by atoms with Gasteiger partial charge in [-0.1, -0.05) is 18.2 Å². The van der Waals surface area contributed by atoms with Gasteiger partial charge in [-0.15, -0.1) is 0 Å². The van der Waals surface area contributed by atoms with Gasteiger partial charge in [-0.05, 0) is 30.3 Å². The zero-order valence-electron chi connectivity index (χ0n) is 11.9. The lowest BCUT2D eigenvalue weighted by Crippen LogP contribution is -2.16. The molecule has 3 rings (SSSR count). The molecule has 1 aliphatic heterocycles. The zero-order chi connectivity index (χ0) is 15.5. The molecule has 22 heavy (non-hydrogen) atoms. The van der Waals surface area contributed by atoms with Crippen LogP contribution in [0.25, 0.3) is 0 Å². The molecule has 1 unspecified atom stereocenters. The molecule has 0 saturated carbocycles. The van der Waals surface area contributed by atoms with Crippen molar-refractivity contribution in [1.29, 1.82) is 0 Å². The molecule has 5 nitrogen and oxygen atoms in total. The summed E-state index contributed by atoms with van der Waals surface area (Å²) in [7, 11) is 0. The predicted octanol–water partition coefficient (Wildman–Crippen LogP) is 2.29. The molecule has 1 aliphatic rings. The van der Waals surface area contributed by atoms with E-state index in [-0.39, 0.29) is 11.8 Å². The Morgan fingerprint density at radius 3 is 2.59 bits per heavy atom. The molecule has 0 aromatic heterocycles. The second kappa shape index (κ2) is 5.89. The first kappa shape index (κ1) is 14.1. The third kappa shape index (κ3) is 2.93. The van der Waals surface area contributed by atoms with E-state index < -0.39 is 5.91 Å². The molecule has 3 N–H and O–H groups in total. The average Bonchev–Trinajstić information content (AvgIpc) is 2.91. The summed E-state index contributed by atoms with van der Waals surface area (Å²) in [6.07, 6.45) is 0.356. The van der Waals surface area contributed by atoms with Gasteiger partial charge in [0.15, 0.2) is 0 Å². The topological polar surface area (TPSA) is 81.4 Å². The lowest BCUT2D eigenvalue weighted by molar-refractivity contribution is -0.116. The number of para-hydroxylation sites is 1. The van der Waals surface area contributed by atoms with Crippen LogP contribution in [0.4, 0.5) is 5.69 Å². The zero-order valence-corrected chi connectivity index (χ0v) is 11.9. The molecular weight excluding hydrogens is 280 g/mol. The number of carbonyl (C=O) groups is 2. The normalized spacial score (nSPS) is 15.7. The standard InChI is InChI=1S/C17H16N2O3/c18-17(21)11-5-7-13(8-6-11)19-16(20)9-12-10-22-15-4-2-1-3-14(12)15/h1-8,12H,9-10H2,(H2,18,21)(H,19,20). The maximum atomic E-state index is 12.1. The molecule has 112 valence electrons. The number of hydrogen-bond acceptors (Lipinski definition) is 3. The summed E-state index contributed by atoms with van der Waals surface area (Å²) in [6.45, 7) is 0.521. The van der Waals surface area contributed by atoms with E-state index in [1.165, 1.54) is 0 Å². The average molecular weight is 296 g/mol. The lowest BCUT2D eigenvalue weighted by Gasteiger charge is -2.10. The molecular formula is C17H16N2O3. The van der Waals surface area contributed by atoms with Gasteiger partial charge in [0.25, 0.3) is 0 Å². The number of nitrogens with two attached hydrogens (primary N) is 1. The highest BCUT2D eigenvalue weighted by Gasteiger charge is 2.25. The number of primary amides is 1. The molecule has 2 aromatic carbocycles. The van der Waals surface area contributed by atoms with Crippen molar-refractivity contribution in [2.45, 2.75) is 12.3 Å². The molecule has 1 heterocycles. The minimum atomic E-state index is -0.488. The summed E-state index contributed by atoms with van der Waals surface area (Å²) < 4.78 is 5.57. The smallest absolute Gasteiger partial charge is 0.248 e. The van der Waals surface area contributed by atoms with Crippen LogP contribution >= 0.6 is 0 Å². The fourth-order valence-electron chi connectivity index (χ4n) is 2.55. The maximum absolute atomic E-state index is 12.1. The second-order valence-corrected chi connectivity index (χ2v) is 5.24. The van der Waals surface area contributed by atoms with Crippen LogP contribution in [0.2, 0.25) is 0 Å². The van der Waals surface area contributed by atoms with Crippen LogP contribution < -0.4 is 15.8 Å². The minimum Gasteiger partial charge on any atom is -0.493 e. The lowest BCUT2D eigenvalue weighted by atomic mass is 9.97. The first-order valence-electron chi connectivity index (χ1n) is 7.05. The van der Waals surface area contributed by atoms with E-state index in [1.54, 1.807) is 24.3 Å². The SMILES string of the molecule is NC(=O)c1ccc(NC(=O)CC2COc3ccccc32)cc1. The largest absolute Gasteiger partial charge is 0.493 e. The van der Waals surface area contributed by atoms with E-state index >= 15 is 0 Å². The Labute approximate surface area is 128 Å². The van der Waals surface area contributed by atoms with Crippen LogP contribution in [-0.4, -0.2) is 18.4 Å². The third-order valence-electron chi connectivity index (χ3n) is 3.68. The molecule has 5 heteroatoms. The van der Waals surface area contributed by atoms with E-state index in [0.29, 0.717) is 24.3 Å². The first-order valence-corrected chi connectivity index (χ1v) is 7.05. The molecule has 0 spiro atoms. The summed E-state index contributed by atoms with van der Waals surface area (Å²) in [5.41, 5.74) is 7.30. The Balaban J connectivity index is 1.62. The summed E-state index contributed by atoms with van der Waals surface area (Å²) in [4.78, 5) is 23.1. The van der Waals surface area contributed by atoms with Gasteiger partial charge in [0.05, 0.1) is 6.61 Å². The highest BCUT2D eigenvalue weighted by atomic mass is 16.5. The Hall–Kier alpha value is -2.82. The van der Waals surface area contributed by atoms with E-state index in [4.69, 9.17) is 10.5 Å². The quantitative estimate of drug-likeness (QED) is 0.908. The highest BCUT2D eigenvalue weighted by molar-refractivity contribution is 5.95. The first-order chi connectivity index (χ1) is 10.6. The Kier molecular flexibility index (Phi) is 3.78. The third-order valence-corrected chi connectivity index (χ3v) is 3.68. The van der Waals surface area contributed by atoms with Crippen LogP contribution in [-0.2, 0) is 4.79 Å². The van der Waals surface area contributed by atoms with Gasteiger partial charge in [0.1, 0.15) is 5.75 Å². The fourth-order valence-corrected chi connectivity index (χ4v) is 2.55. The van der Waals surface area contributed by atoms with Crippen molar-refractivity contribution in [3.8, 4) is 5.75 Å².